The van der Waals surface area contributed by atoms with E-state index in [1.54, 1.807) is 13.2 Å². The van der Waals surface area contributed by atoms with Crippen molar-refractivity contribution in [3.05, 3.63) is 47.8 Å². The fourth-order valence-corrected chi connectivity index (χ4v) is 3.00. The van der Waals surface area contributed by atoms with Gasteiger partial charge in [0.05, 0.1) is 5.57 Å². The summed E-state index contributed by atoms with van der Waals surface area (Å²) in [7, 11) is 1.65. The maximum absolute atomic E-state index is 12.3. The lowest BCUT2D eigenvalue weighted by Gasteiger charge is -2.24. The Morgan fingerprint density at radius 2 is 2.03 bits per heavy atom. The molecule has 29 heavy (non-hydrogen) atoms. The van der Waals surface area contributed by atoms with Crippen molar-refractivity contribution in [2.24, 2.45) is 0 Å². The van der Waals surface area contributed by atoms with Crippen molar-refractivity contribution in [2.75, 3.05) is 27.2 Å². The highest BCUT2D eigenvalue weighted by Gasteiger charge is 2.21. The van der Waals surface area contributed by atoms with E-state index in [2.05, 4.69) is 0 Å². The number of carbonyl (C=O) groups is 2. The minimum absolute atomic E-state index is 0.122. The lowest BCUT2D eigenvalue weighted by molar-refractivity contribution is -0.147. The van der Waals surface area contributed by atoms with Crippen LogP contribution in [0, 0.1) is 0 Å². The average Bonchev–Trinajstić information content (AvgIpc) is 3.20. The molecule has 2 heterocycles. The highest BCUT2D eigenvalue weighted by Crippen LogP contribution is 2.33. The van der Waals surface area contributed by atoms with Crippen molar-refractivity contribution in [1.29, 1.82) is 0 Å². The Bertz CT molecular complexity index is 819. The third-order valence-electron chi connectivity index (χ3n) is 4.87. The SMILES string of the molecule is CCN1C=CCC(C(=O)OCOC(=O)N(C)C(C)Cc2ccc3c(c2)OCO3)=C1. The molecule has 8 heteroatoms. The van der Waals surface area contributed by atoms with Gasteiger partial charge in [-0.25, -0.2) is 9.59 Å². The van der Waals surface area contributed by atoms with Gasteiger partial charge in [-0.05, 0) is 44.2 Å². The van der Waals surface area contributed by atoms with Gasteiger partial charge in [-0.3, -0.25) is 0 Å². The van der Waals surface area contributed by atoms with Gasteiger partial charge in [-0.2, -0.15) is 0 Å². The number of fused-ring (bicyclic) bond motifs is 1. The van der Waals surface area contributed by atoms with E-state index < -0.39 is 18.9 Å². The summed E-state index contributed by atoms with van der Waals surface area (Å²) in [5, 5.41) is 0. The molecule has 1 aromatic carbocycles. The van der Waals surface area contributed by atoms with Crippen LogP contribution in [0.4, 0.5) is 4.79 Å². The Hall–Kier alpha value is -3.16. The zero-order valence-electron chi connectivity index (χ0n) is 16.9. The number of carbonyl (C=O) groups excluding carboxylic acids is 2. The maximum atomic E-state index is 12.3. The molecule has 0 N–H and O–H groups in total. The summed E-state index contributed by atoms with van der Waals surface area (Å²) in [5.74, 6) is 0.943. The van der Waals surface area contributed by atoms with Crippen LogP contribution in [-0.4, -0.2) is 55.1 Å². The summed E-state index contributed by atoms with van der Waals surface area (Å²) in [6.45, 7) is 4.46. The van der Waals surface area contributed by atoms with Crippen LogP contribution in [0.5, 0.6) is 11.5 Å². The number of allylic oxidation sites excluding steroid dienone is 1. The number of likely N-dealkylation sites (N-methyl/N-ethyl adjacent to an activating group) is 1. The highest BCUT2D eigenvalue weighted by atomic mass is 16.7. The van der Waals surface area contributed by atoms with E-state index >= 15 is 0 Å². The van der Waals surface area contributed by atoms with Gasteiger partial charge < -0.3 is 28.7 Å². The first-order valence-electron chi connectivity index (χ1n) is 9.56. The van der Waals surface area contributed by atoms with E-state index in [9.17, 15) is 9.59 Å². The average molecular weight is 402 g/mol. The molecule has 0 radical (unpaired) electrons. The number of esters is 1. The van der Waals surface area contributed by atoms with Gasteiger partial charge in [-0.15, -0.1) is 0 Å². The molecule has 0 saturated heterocycles. The van der Waals surface area contributed by atoms with Gasteiger partial charge in [-0.1, -0.05) is 12.1 Å². The standard InChI is InChI=1S/C21H26N2O6/c1-4-23-9-5-6-17(12-23)20(24)28-14-29-21(25)22(3)15(2)10-16-7-8-18-19(11-16)27-13-26-18/h5,7-9,11-12,15H,4,6,10,13-14H2,1-3H3. The van der Waals surface area contributed by atoms with E-state index in [4.69, 9.17) is 18.9 Å². The molecule has 0 aliphatic carbocycles. The topological polar surface area (TPSA) is 77.5 Å². The monoisotopic (exact) mass is 402 g/mol. The van der Waals surface area contributed by atoms with Gasteiger partial charge in [0.1, 0.15) is 0 Å². The number of nitrogens with zero attached hydrogens (tertiary/aromatic N) is 2. The molecule has 0 bridgehead atoms. The molecule has 2 aliphatic heterocycles. The normalized spacial score (nSPS) is 15.6. The largest absolute Gasteiger partial charge is 0.454 e. The van der Waals surface area contributed by atoms with Gasteiger partial charge in [0.25, 0.3) is 0 Å². The predicted octanol–water partition coefficient (Wildman–Crippen LogP) is 3.04. The lowest BCUT2D eigenvalue weighted by atomic mass is 10.1. The zero-order valence-corrected chi connectivity index (χ0v) is 16.9. The van der Waals surface area contributed by atoms with Crippen LogP contribution in [0.3, 0.4) is 0 Å². The number of benzene rings is 1. The molecule has 1 atom stereocenters. The van der Waals surface area contributed by atoms with Crippen molar-refractivity contribution in [3.63, 3.8) is 0 Å². The summed E-state index contributed by atoms with van der Waals surface area (Å²) < 4.78 is 20.9. The summed E-state index contributed by atoms with van der Waals surface area (Å²) in [6.07, 6.45) is 6.09. The fourth-order valence-electron chi connectivity index (χ4n) is 3.00. The molecule has 156 valence electrons. The molecular formula is C21H26N2O6. The smallest absolute Gasteiger partial charge is 0.412 e. The highest BCUT2D eigenvalue weighted by molar-refractivity contribution is 5.88. The van der Waals surface area contributed by atoms with Crippen molar-refractivity contribution in [2.45, 2.75) is 32.7 Å². The number of hydrogen-bond donors (Lipinski definition) is 0. The molecule has 1 aromatic rings. The van der Waals surface area contributed by atoms with Crippen LogP contribution in [0.25, 0.3) is 0 Å². The third kappa shape index (κ3) is 5.22. The number of amides is 1. The summed E-state index contributed by atoms with van der Waals surface area (Å²) in [4.78, 5) is 27.7. The van der Waals surface area contributed by atoms with Crippen LogP contribution in [0.2, 0.25) is 0 Å². The Morgan fingerprint density at radius 3 is 2.83 bits per heavy atom. The second-order valence-corrected chi connectivity index (χ2v) is 6.89. The van der Waals surface area contributed by atoms with Crippen LogP contribution in [0.1, 0.15) is 25.8 Å². The van der Waals surface area contributed by atoms with Crippen LogP contribution in [-0.2, 0) is 20.7 Å². The molecular weight excluding hydrogens is 376 g/mol. The molecule has 0 aromatic heterocycles. The van der Waals surface area contributed by atoms with Crippen molar-refractivity contribution < 1.29 is 28.5 Å². The Morgan fingerprint density at radius 1 is 1.24 bits per heavy atom. The molecule has 1 unspecified atom stereocenters. The van der Waals surface area contributed by atoms with Gasteiger partial charge in [0, 0.05) is 32.3 Å². The zero-order chi connectivity index (χ0) is 20.8. The van der Waals surface area contributed by atoms with Gasteiger partial charge in [0.15, 0.2) is 11.5 Å². The van der Waals surface area contributed by atoms with Crippen molar-refractivity contribution >= 4 is 12.1 Å². The minimum Gasteiger partial charge on any atom is -0.454 e. The number of ether oxygens (including phenoxy) is 4. The van der Waals surface area contributed by atoms with E-state index in [-0.39, 0.29) is 12.8 Å². The third-order valence-corrected chi connectivity index (χ3v) is 4.87. The van der Waals surface area contributed by atoms with E-state index in [0.29, 0.717) is 24.2 Å². The molecule has 8 nitrogen and oxygen atoms in total. The molecule has 3 rings (SSSR count). The van der Waals surface area contributed by atoms with Crippen LogP contribution in [0.15, 0.2) is 42.2 Å². The quantitative estimate of drug-likeness (QED) is 0.512. The lowest BCUT2D eigenvalue weighted by Crippen LogP contribution is -2.37. The molecule has 2 aliphatic rings. The second-order valence-electron chi connectivity index (χ2n) is 6.89. The van der Waals surface area contributed by atoms with Crippen LogP contribution < -0.4 is 9.47 Å². The molecule has 0 saturated carbocycles. The van der Waals surface area contributed by atoms with Gasteiger partial charge in [0.2, 0.25) is 13.6 Å². The maximum Gasteiger partial charge on any atom is 0.412 e. The van der Waals surface area contributed by atoms with E-state index in [1.165, 1.54) is 4.90 Å². The first kappa shape index (κ1) is 20.6. The first-order valence-corrected chi connectivity index (χ1v) is 9.56. The Kier molecular flexibility index (Phi) is 6.64. The predicted molar refractivity (Wildman–Crippen MR) is 105 cm³/mol. The second kappa shape index (κ2) is 9.36. The Labute approximate surface area is 170 Å². The summed E-state index contributed by atoms with van der Waals surface area (Å²) in [5.41, 5.74) is 1.54. The Balaban J connectivity index is 1.44. The van der Waals surface area contributed by atoms with Gasteiger partial charge >= 0.3 is 12.1 Å². The fraction of sp³-hybridized carbons (Fsp3) is 0.429. The summed E-state index contributed by atoms with van der Waals surface area (Å²) in [6, 6.07) is 5.59. The molecule has 1 amide bonds. The summed E-state index contributed by atoms with van der Waals surface area (Å²) >= 11 is 0. The first-order chi connectivity index (χ1) is 14.0. The minimum atomic E-state index is -0.557. The van der Waals surface area contributed by atoms with E-state index in [1.807, 2.05) is 49.2 Å². The number of hydrogen-bond acceptors (Lipinski definition) is 7. The van der Waals surface area contributed by atoms with E-state index in [0.717, 1.165) is 17.9 Å². The molecule has 0 spiro atoms. The van der Waals surface area contributed by atoms with Crippen molar-refractivity contribution in [3.8, 4) is 11.5 Å². The van der Waals surface area contributed by atoms with Crippen LogP contribution >= 0.6 is 0 Å². The molecule has 0 fully saturated rings. The number of rotatable bonds is 7. The van der Waals surface area contributed by atoms with Crippen molar-refractivity contribution in [1.82, 2.24) is 9.80 Å².